The van der Waals surface area contributed by atoms with Gasteiger partial charge in [0.2, 0.25) is 0 Å². The first-order chi connectivity index (χ1) is 12.7. The molecule has 0 unspecified atom stereocenters. The van der Waals surface area contributed by atoms with Gasteiger partial charge in [-0.25, -0.2) is 9.78 Å². The van der Waals surface area contributed by atoms with Crippen molar-refractivity contribution in [2.24, 2.45) is 5.92 Å². The molecule has 0 aromatic carbocycles. The molecule has 1 amide bonds. The van der Waals surface area contributed by atoms with Crippen molar-refractivity contribution in [3.05, 3.63) is 17.3 Å². The summed E-state index contributed by atoms with van der Waals surface area (Å²) in [5.41, 5.74) is 1.72. The Morgan fingerprint density at radius 2 is 2.04 bits per heavy atom. The van der Waals surface area contributed by atoms with Crippen LogP contribution < -0.4 is 9.64 Å². The van der Waals surface area contributed by atoms with Crippen LogP contribution >= 0.6 is 0 Å². The number of amides is 1. The predicted molar refractivity (Wildman–Crippen MR) is 104 cm³/mol. The van der Waals surface area contributed by atoms with Crippen molar-refractivity contribution in [2.45, 2.75) is 71.6 Å². The predicted octanol–water partition coefficient (Wildman–Crippen LogP) is 3.55. The minimum atomic E-state index is -0.470. The molecule has 148 valence electrons. The van der Waals surface area contributed by atoms with Crippen LogP contribution in [0.15, 0.2) is 6.07 Å². The molecule has 0 bridgehead atoms. The number of hydrogen-bond donors (Lipinski definition) is 0. The van der Waals surface area contributed by atoms with E-state index in [1.165, 1.54) is 18.4 Å². The van der Waals surface area contributed by atoms with E-state index in [1.54, 1.807) is 0 Å². The summed E-state index contributed by atoms with van der Waals surface area (Å²) in [6.07, 6.45) is 3.24. The lowest BCUT2D eigenvalue weighted by Crippen LogP contribution is -2.58. The zero-order valence-corrected chi connectivity index (χ0v) is 17.1. The van der Waals surface area contributed by atoms with Crippen LogP contribution in [0, 0.1) is 12.8 Å². The van der Waals surface area contributed by atoms with Gasteiger partial charge in [-0.2, -0.15) is 0 Å². The number of piperazine rings is 1. The van der Waals surface area contributed by atoms with Gasteiger partial charge in [0, 0.05) is 24.7 Å². The number of pyridine rings is 1. The highest BCUT2D eigenvalue weighted by Gasteiger charge is 2.42. The Kier molecular flexibility index (Phi) is 4.47. The fraction of sp³-hybridized carbons (Fsp3) is 0.714. The lowest BCUT2D eigenvalue weighted by molar-refractivity contribution is 0.0191. The van der Waals surface area contributed by atoms with Gasteiger partial charge in [0.15, 0.2) is 0 Å². The molecule has 6 heteroatoms. The first kappa shape index (κ1) is 18.4. The molecule has 1 aromatic heterocycles. The van der Waals surface area contributed by atoms with Crippen LogP contribution in [0.5, 0.6) is 5.75 Å². The van der Waals surface area contributed by atoms with Gasteiger partial charge in [0.05, 0.1) is 18.3 Å². The van der Waals surface area contributed by atoms with Gasteiger partial charge < -0.3 is 19.3 Å². The van der Waals surface area contributed by atoms with Crippen LogP contribution in [0.2, 0.25) is 0 Å². The second-order valence-electron chi connectivity index (χ2n) is 9.31. The Hall–Kier alpha value is -1.98. The van der Waals surface area contributed by atoms with Gasteiger partial charge in [-0.05, 0) is 65.9 Å². The van der Waals surface area contributed by atoms with Gasteiger partial charge in [-0.3, -0.25) is 0 Å². The standard InChI is InChI=1S/C21H31N3O3/c1-13-10-23(20(25)27-21(3,4)5)11-17-8-16-9-18(26-12-15-6-7-15)14(2)22-19(16)24(13)17/h9,13,15,17H,6-8,10-12H2,1-5H3/t13-,17-/m1/s1. The maximum atomic E-state index is 12.5. The summed E-state index contributed by atoms with van der Waals surface area (Å²) in [6.45, 7) is 12.0. The second-order valence-corrected chi connectivity index (χ2v) is 9.31. The Morgan fingerprint density at radius 1 is 1.30 bits per heavy atom. The van der Waals surface area contributed by atoms with Gasteiger partial charge in [0.25, 0.3) is 0 Å². The molecule has 0 radical (unpaired) electrons. The van der Waals surface area contributed by atoms with Crippen molar-refractivity contribution in [3.8, 4) is 5.75 Å². The number of nitrogens with zero attached hydrogens (tertiary/aromatic N) is 3. The summed E-state index contributed by atoms with van der Waals surface area (Å²) in [5.74, 6) is 2.70. The average molecular weight is 373 g/mol. The molecule has 2 aliphatic heterocycles. The zero-order valence-electron chi connectivity index (χ0n) is 17.1. The SMILES string of the molecule is Cc1nc2c(cc1OCC1CC1)C[C@@H]1CN(C(=O)OC(C)(C)C)C[C@@H](C)N21. The highest BCUT2D eigenvalue weighted by molar-refractivity contribution is 5.70. The van der Waals surface area contributed by atoms with Crippen molar-refractivity contribution < 1.29 is 14.3 Å². The van der Waals surface area contributed by atoms with E-state index >= 15 is 0 Å². The van der Waals surface area contributed by atoms with Crippen molar-refractivity contribution in [1.29, 1.82) is 0 Å². The van der Waals surface area contributed by atoms with Crippen LogP contribution in [0.3, 0.4) is 0 Å². The maximum Gasteiger partial charge on any atom is 0.410 e. The largest absolute Gasteiger partial charge is 0.491 e. The summed E-state index contributed by atoms with van der Waals surface area (Å²) >= 11 is 0. The quantitative estimate of drug-likeness (QED) is 0.811. The van der Waals surface area contributed by atoms with E-state index in [1.807, 2.05) is 32.6 Å². The van der Waals surface area contributed by atoms with E-state index in [9.17, 15) is 4.79 Å². The third kappa shape index (κ3) is 3.85. The van der Waals surface area contributed by atoms with Crippen LogP contribution in [0.4, 0.5) is 10.6 Å². The van der Waals surface area contributed by atoms with E-state index < -0.39 is 5.60 Å². The lowest BCUT2D eigenvalue weighted by Gasteiger charge is -2.43. The normalized spacial score (nSPS) is 24.5. The van der Waals surface area contributed by atoms with Gasteiger partial charge >= 0.3 is 6.09 Å². The van der Waals surface area contributed by atoms with E-state index in [2.05, 4.69) is 17.9 Å². The Labute approximate surface area is 161 Å². The highest BCUT2D eigenvalue weighted by Crippen LogP contribution is 2.39. The minimum Gasteiger partial charge on any atom is -0.491 e. The monoisotopic (exact) mass is 373 g/mol. The Morgan fingerprint density at radius 3 is 2.70 bits per heavy atom. The lowest BCUT2D eigenvalue weighted by atomic mass is 10.1. The molecule has 2 fully saturated rings. The van der Waals surface area contributed by atoms with Crippen molar-refractivity contribution >= 4 is 11.9 Å². The Balaban J connectivity index is 1.49. The van der Waals surface area contributed by atoms with Crippen molar-refractivity contribution in [1.82, 2.24) is 9.88 Å². The zero-order chi connectivity index (χ0) is 19.3. The summed E-state index contributed by atoms with van der Waals surface area (Å²) < 4.78 is 11.6. The molecule has 3 aliphatic rings. The molecule has 1 saturated carbocycles. The smallest absolute Gasteiger partial charge is 0.410 e. The second kappa shape index (κ2) is 6.57. The molecule has 2 atom stereocenters. The number of aryl methyl sites for hydroxylation is 1. The third-order valence-electron chi connectivity index (χ3n) is 5.53. The van der Waals surface area contributed by atoms with Crippen LogP contribution in [-0.4, -0.2) is 53.4 Å². The summed E-state index contributed by atoms with van der Waals surface area (Å²) in [6, 6.07) is 2.63. The number of carbonyl (C=O) groups is 1. The number of aromatic nitrogens is 1. The number of hydrogen-bond acceptors (Lipinski definition) is 5. The van der Waals surface area contributed by atoms with Crippen LogP contribution in [0.1, 0.15) is 51.8 Å². The van der Waals surface area contributed by atoms with E-state index in [0.717, 1.165) is 36.2 Å². The number of fused-ring (bicyclic) bond motifs is 3. The highest BCUT2D eigenvalue weighted by atomic mass is 16.6. The minimum absolute atomic E-state index is 0.211. The number of ether oxygens (including phenoxy) is 2. The Bertz CT molecular complexity index is 739. The molecule has 1 aliphatic carbocycles. The van der Waals surface area contributed by atoms with Gasteiger partial charge in [0.1, 0.15) is 17.2 Å². The van der Waals surface area contributed by atoms with Gasteiger partial charge in [-0.15, -0.1) is 0 Å². The van der Waals surface area contributed by atoms with Gasteiger partial charge in [-0.1, -0.05) is 0 Å². The fourth-order valence-electron chi connectivity index (χ4n) is 4.08. The number of carbonyl (C=O) groups excluding carboxylic acids is 1. The first-order valence-corrected chi connectivity index (χ1v) is 10.1. The topological polar surface area (TPSA) is 54.9 Å². The number of anilines is 1. The van der Waals surface area contributed by atoms with Crippen LogP contribution in [-0.2, 0) is 11.2 Å². The maximum absolute atomic E-state index is 12.5. The molecule has 3 heterocycles. The fourth-order valence-corrected chi connectivity index (χ4v) is 4.08. The molecular weight excluding hydrogens is 342 g/mol. The van der Waals surface area contributed by atoms with E-state index in [-0.39, 0.29) is 18.2 Å². The molecule has 4 rings (SSSR count). The molecule has 1 aromatic rings. The third-order valence-corrected chi connectivity index (χ3v) is 5.53. The first-order valence-electron chi connectivity index (χ1n) is 10.1. The average Bonchev–Trinajstić information content (AvgIpc) is 3.31. The van der Waals surface area contributed by atoms with Crippen molar-refractivity contribution in [3.63, 3.8) is 0 Å². The van der Waals surface area contributed by atoms with E-state index in [0.29, 0.717) is 13.1 Å². The number of rotatable bonds is 3. The molecule has 27 heavy (non-hydrogen) atoms. The summed E-state index contributed by atoms with van der Waals surface area (Å²) in [4.78, 5) is 21.6. The molecule has 0 spiro atoms. The molecule has 1 saturated heterocycles. The van der Waals surface area contributed by atoms with Crippen LogP contribution in [0.25, 0.3) is 0 Å². The molecule has 6 nitrogen and oxygen atoms in total. The molecule has 0 N–H and O–H groups in total. The summed E-state index contributed by atoms with van der Waals surface area (Å²) in [7, 11) is 0. The van der Waals surface area contributed by atoms with E-state index in [4.69, 9.17) is 14.5 Å². The molecular formula is C21H31N3O3. The summed E-state index contributed by atoms with van der Waals surface area (Å²) in [5, 5.41) is 0. The van der Waals surface area contributed by atoms with Crippen molar-refractivity contribution in [2.75, 3.05) is 24.6 Å².